The Balaban J connectivity index is 1.68. The number of aryl methyl sites for hydroxylation is 1. The average Bonchev–Trinajstić information content (AvgIpc) is 2.75. The van der Waals surface area contributed by atoms with E-state index in [4.69, 9.17) is 9.72 Å². The van der Waals surface area contributed by atoms with Gasteiger partial charge in [-0.1, -0.05) is 30.0 Å². The maximum Gasteiger partial charge on any atom is 0.262 e. The first-order chi connectivity index (χ1) is 14.6. The summed E-state index contributed by atoms with van der Waals surface area (Å²) in [5.74, 6) is 0.439. The summed E-state index contributed by atoms with van der Waals surface area (Å²) in [6, 6.07) is 12.6. The number of thioether (sulfide) groups is 1. The molecule has 0 aliphatic carbocycles. The van der Waals surface area contributed by atoms with Crippen LogP contribution in [0.1, 0.15) is 17.7 Å². The second-order valence-electron chi connectivity index (χ2n) is 7.02. The number of ether oxygens (including phenoxy) is 1. The zero-order chi connectivity index (χ0) is 21.1. The Morgan fingerprint density at radius 2 is 1.93 bits per heavy atom. The van der Waals surface area contributed by atoms with E-state index in [1.165, 1.54) is 17.8 Å². The number of methoxy groups -OCH3 is 1. The Morgan fingerprint density at radius 3 is 2.77 bits per heavy atom. The summed E-state index contributed by atoms with van der Waals surface area (Å²) >= 11 is 1.41. The number of para-hydroxylation sites is 1. The Labute approximate surface area is 177 Å². The molecule has 0 amide bonds. The van der Waals surface area contributed by atoms with Crippen LogP contribution in [0.3, 0.4) is 0 Å². The second kappa shape index (κ2) is 8.81. The summed E-state index contributed by atoms with van der Waals surface area (Å²) in [6.45, 7) is 3.01. The molecule has 4 aromatic rings. The van der Waals surface area contributed by atoms with Gasteiger partial charge in [0.1, 0.15) is 5.65 Å². The lowest BCUT2D eigenvalue weighted by Gasteiger charge is -2.13. The summed E-state index contributed by atoms with van der Waals surface area (Å²) in [5, 5.41) is 1.21. The molecule has 0 radical (unpaired) electrons. The lowest BCUT2D eigenvalue weighted by atomic mass is 10.2. The van der Waals surface area contributed by atoms with Crippen LogP contribution in [0.25, 0.3) is 16.6 Å². The molecule has 0 saturated carbocycles. The number of benzene rings is 1. The highest BCUT2D eigenvalue weighted by molar-refractivity contribution is 7.98. The number of rotatable bonds is 7. The van der Waals surface area contributed by atoms with E-state index in [1.807, 2.05) is 37.3 Å². The van der Waals surface area contributed by atoms with Crippen molar-refractivity contribution in [3.63, 3.8) is 0 Å². The minimum Gasteiger partial charge on any atom is -0.385 e. The van der Waals surface area contributed by atoms with E-state index in [-0.39, 0.29) is 11.1 Å². The van der Waals surface area contributed by atoms with Crippen LogP contribution in [0.2, 0.25) is 0 Å². The third kappa shape index (κ3) is 4.15. The molecule has 1 aromatic carbocycles. The molecule has 0 spiro atoms. The van der Waals surface area contributed by atoms with Gasteiger partial charge in [0.25, 0.3) is 11.1 Å². The van der Waals surface area contributed by atoms with E-state index in [2.05, 4.69) is 4.98 Å². The topological polar surface area (TPSA) is 78.5 Å². The van der Waals surface area contributed by atoms with Crippen LogP contribution in [0.15, 0.2) is 63.4 Å². The fourth-order valence-corrected chi connectivity index (χ4v) is 4.21. The molecule has 0 aliphatic rings. The van der Waals surface area contributed by atoms with Crippen molar-refractivity contribution < 1.29 is 4.74 Å². The fraction of sp³-hybridized carbons (Fsp3) is 0.273. The average molecular weight is 423 g/mol. The normalized spacial score (nSPS) is 11.4. The summed E-state index contributed by atoms with van der Waals surface area (Å²) in [6.07, 6.45) is 2.48. The Hall–Kier alpha value is -2.97. The van der Waals surface area contributed by atoms with Crippen LogP contribution in [0.4, 0.5) is 0 Å². The molecule has 0 aliphatic heterocycles. The van der Waals surface area contributed by atoms with Gasteiger partial charge in [0, 0.05) is 38.3 Å². The number of hydrogen-bond acceptors (Lipinski definition) is 6. The van der Waals surface area contributed by atoms with E-state index in [1.54, 1.807) is 28.3 Å². The van der Waals surface area contributed by atoms with Crippen molar-refractivity contribution >= 4 is 28.3 Å². The van der Waals surface area contributed by atoms with E-state index in [0.29, 0.717) is 52.7 Å². The van der Waals surface area contributed by atoms with Crippen LogP contribution >= 0.6 is 11.8 Å². The third-order valence-electron chi connectivity index (χ3n) is 4.77. The lowest BCUT2D eigenvalue weighted by Crippen LogP contribution is -2.24. The first-order valence-corrected chi connectivity index (χ1v) is 10.7. The Bertz CT molecular complexity index is 1330. The number of nitrogens with zero attached hydrogens (tertiary/aromatic N) is 4. The molecule has 7 nitrogen and oxygen atoms in total. The molecule has 30 heavy (non-hydrogen) atoms. The number of pyridine rings is 1. The summed E-state index contributed by atoms with van der Waals surface area (Å²) < 4.78 is 8.36. The molecule has 0 atom stereocenters. The molecule has 3 heterocycles. The van der Waals surface area contributed by atoms with E-state index >= 15 is 0 Å². The first kappa shape index (κ1) is 20.3. The highest BCUT2D eigenvalue weighted by Crippen LogP contribution is 2.21. The fourth-order valence-electron chi connectivity index (χ4n) is 3.29. The number of hydrogen-bond donors (Lipinski definition) is 0. The standard InChI is InChI=1S/C22H22N4O3S/c1-15-8-9-19-23-16(12-20(27)26(19)13-15)14-30-22-24-18-7-4-3-6-17(18)21(28)25(22)10-5-11-29-2/h3-4,6-9,12-13H,5,10-11,14H2,1-2H3. The zero-order valence-electron chi connectivity index (χ0n) is 16.9. The SMILES string of the molecule is COCCCn1c(SCc2cc(=O)n3cc(C)ccc3n2)nc2ccccc2c1=O. The van der Waals surface area contributed by atoms with Gasteiger partial charge in [-0.2, -0.15) is 0 Å². The van der Waals surface area contributed by atoms with Gasteiger partial charge in [-0.25, -0.2) is 9.97 Å². The highest BCUT2D eigenvalue weighted by atomic mass is 32.2. The molecular formula is C22H22N4O3S. The summed E-state index contributed by atoms with van der Waals surface area (Å²) in [4.78, 5) is 34.8. The molecule has 0 fully saturated rings. The molecule has 3 aromatic heterocycles. The van der Waals surface area contributed by atoms with Gasteiger partial charge >= 0.3 is 0 Å². The molecule has 0 N–H and O–H groups in total. The van der Waals surface area contributed by atoms with E-state index < -0.39 is 0 Å². The van der Waals surface area contributed by atoms with Gasteiger partial charge in [-0.05, 0) is 37.1 Å². The molecule has 0 unspecified atom stereocenters. The Morgan fingerprint density at radius 1 is 1.10 bits per heavy atom. The molecule has 4 rings (SSSR count). The monoisotopic (exact) mass is 422 g/mol. The third-order valence-corrected chi connectivity index (χ3v) is 5.78. The van der Waals surface area contributed by atoms with Crippen molar-refractivity contribution in [2.24, 2.45) is 0 Å². The van der Waals surface area contributed by atoms with Crippen LogP contribution in [-0.4, -0.2) is 32.7 Å². The maximum atomic E-state index is 13.0. The van der Waals surface area contributed by atoms with Crippen molar-refractivity contribution in [3.8, 4) is 0 Å². The highest BCUT2D eigenvalue weighted by Gasteiger charge is 2.12. The van der Waals surface area contributed by atoms with Gasteiger partial charge in [0.05, 0.1) is 16.6 Å². The lowest BCUT2D eigenvalue weighted by molar-refractivity contribution is 0.189. The molecular weight excluding hydrogens is 400 g/mol. The van der Waals surface area contributed by atoms with Crippen molar-refractivity contribution in [1.82, 2.24) is 18.9 Å². The van der Waals surface area contributed by atoms with Gasteiger partial charge in [0.15, 0.2) is 5.16 Å². The smallest absolute Gasteiger partial charge is 0.262 e. The second-order valence-corrected chi connectivity index (χ2v) is 7.97. The van der Waals surface area contributed by atoms with Crippen molar-refractivity contribution in [2.75, 3.05) is 13.7 Å². The van der Waals surface area contributed by atoms with E-state index in [0.717, 1.165) is 5.56 Å². The van der Waals surface area contributed by atoms with Gasteiger partial charge in [0.2, 0.25) is 0 Å². The molecule has 8 heteroatoms. The van der Waals surface area contributed by atoms with Crippen LogP contribution in [0, 0.1) is 6.92 Å². The first-order valence-electron chi connectivity index (χ1n) is 9.67. The van der Waals surface area contributed by atoms with Gasteiger partial charge < -0.3 is 4.74 Å². The molecule has 0 saturated heterocycles. The van der Waals surface area contributed by atoms with Crippen molar-refractivity contribution in [3.05, 3.63) is 80.6 Å². The van der Waals surface area contributed by atoms with Crippen molar-refractivity contribution in [1.29, 1.82) is 0 Å². The number of fused-ring (bicyclic) bond motifs is 2. The molecule has 154 valence electrons. The summed E-state index contributed by atoms with van der Waals surface area (Å²) in [5.41, 5.74) is 2.72. The van der Waals surface area contributed by atoms with Gasteiger partial charge in [-0.15, -0.1) is 0 Å². The minimum atomic E-state index is -0.122. The summed E-state index contributed by atoms with van der Waals surface area (Å²) in [7, 11) is 1.64. The quantitative estimate of drug-likeness (QED) is 0.259. The minimum absolute atomic E-state index is 0.0683. The van der Waals surface area contributed by atoms with E-state index in [9.17, 15) is 9.59 Å². The maximum absolute atomic E-state index is 13.0. The predicted molar refractivity (Wildman–Crippen MR) is 118 cm³/mol. The van der Waals surface area contributed by atoms with Crippen LogP contribution < -0.4 is 11.1 Å². The van der Waals surface area contributed by atoms with Crippen molar-refractivity contribution in [2.45, 2.75) is 30.8 Å². The van der Waals surface area contributed by atoms with Gasteiger partial charge in [-0.3, -0.25) is 18.6 Å². The Kier molecular flexibility index (Phi) is 5.96. The van der Waals surface area contributed by atoms with Crippen LogP contribution in [0.5, 0.6) is 0 Å². The largest absolute Gasteiger partial charge is 0.385 e. The molecule has 0 bridgehead atoms. The number of aromatic nitrogens is 4. The van der Waals surface area contributed by atoms with Crippen LogP contribution in [-0.2, 0) is 17.0 Å². The zero-order valence-corrected chi connectivity index (χ0v) is 17.7. The predicted octanol–water partition coefficient (Wildman–Crippen LogP) is 3.04.